The number of hydrogen-bond acceptors (Lipinski definition) is 6. The smallest absolute Gasteiger partial charge is 0.230 e. The fraction of sp³-hybridized carbons (Fsp3) is 0.238. The minimum absolute atomic E-state index is 0.161. The van der Waals surface area contributed by atoms with Gasteiger partial charge >= 0.3 is 0 Å². The summed E-state index contributed by atoms with van der Waals surface area (Å²) in [5, 5.41) is 5.55. The zero-order valence-electron chi connectivity index (χ0n) is 16.0. The van der Waals surface area contributed by atoms with Crippen LogP contribution >= 0.6 is 11.3 Å². The van der Waals surface area contributed by atoms with Crippen molar-refractivity contribution in [2.75, 3.05) is 19.5 Å². The van der Waals surface area contributed by atoms with Crippen LogP contribution in [-0.2, 0) is 17.8 Å². The Kier molecular flexibility index (Phi) is 6.49. The van der Waals surface area contributed by atoms with Gasteiger partial charge in [-0.2, -0.15) is 0 Å². The van der Waals surface area contributed by atoms with E-state index in [0.29, 0.717) is 29.5 Å². The Morgan fingerprint density at radius 2 is 1.71 bits per heavy atom. The molecule has 1 aromatic heterocycles. The van der Waals surface area contributed by atoms with Crippen molar-refractivity contribution in [2.45, 2.75) is 20.0 Å². The molecule has 0 unspecified atom stereocenters. The van der Waals surface area contributed by atoms with Crippen molar-refractivity contribution in [1.82, 2.24) is 4.98 Å². The van der Waals surface area contributed by atoms with Crippen LogP contribution in [0.2, 0.25) is 0 Å². The van der Waals surface area contributed by atoms with Crippen molar-refractivity contribution < 1.29 is 19.0 Å². The standard InChI is InChI=1S/C21H22N2O4S/c1-14-4-6-17(7-5-14)27-12-21-23-16(13-28-21)10-20(24)22-15-8-18(25-2)11-19(9-15)26-3/h4-9,11,13H,10,12H2,1-3H3,(H,22,24). The number of anilines is 1. The summed E-state index contributed by atoms with van der Waals surface area (Å²) in [6, 6.07) is 13.1. The number of carbonyl (C=O) groups is 1. The lowest BCUT2D eigenvalue weighted by Crippen LogP contribution is -2.14. The van der Waals surface area contributed by atoms with Crippen molar-refractivity contribution in [2.24, 2.45) is 0 Å². The molecule has 0 saturated heterocycles. The van der Waals surface area contributed by atoms with Crippen molar-refractivity contribution in [3.63, 3.8) is 0 Å². The van der Waals surface area contributed by atoms with Crippen LogP contribution in [-0.4, -0.2) is 25.1 Å². The average Bonchev–Trinajstić information content (AvgIpc) is 3.14. The summed E-state index contributed by atoms with van der Waals surface area (Å²) in [5.74, 6) is 1.86. The van der Waals surface area contributed by atoms with Gasteiger partial charge in [-0.25, -0.2) is 4.98 Å². The Morgan fingerprint density at radius 3 is 2.36 bits per heavy atom. The van der Waals surface area contributed by atoms with Gasteiger partial charge < -0.3 is 19.5 Å². The predicted octanol–water partition coefficient (Wildman–Crippen LogP) is 4.23. The fourth-order valence-corrected chi connectivity index (χ4v) is 3.23. The molecule has 0 aliphatic rings. The number of methoxy groups -OCH3 is 2. The molecule has 0 aliphatic carbocycles. The molecule has 1 N–H and O–H groups in total. The molecule has 3 aromatic rings. The van der Waals surface area contributed by atoms with Gasteiger partial charge in [0.05, 0.1) is 26.3 Å². The van der Waals surface area contributed by atoms with Crippen LogP contribution in [0.1, 0.15) is 16.3 Å². The summed E-state index contributed by atoms with van der Waals surface area (Å²) in [7, 11) is 3.13. The number of hydrogen-bond donors (Lipinski definition) is 1. The van der Waals surface area contributed by atoms with Gasteiger partial charge in [-0.05, 0) is 19.1 Å². The van der Waals surface area contributed by atoms with Gasteiger partial charge in [0.25, 0.3) is 0 Å². The minimum atomic E-state index is -0.161. The number of rotatable bonds is 8. The normalized spacial score (nSPS) is 10.4. The Hall–Kier alpha value is -3.06. The second-order valence-corrected chi connectivity index (χ2v) is 7.10. The van der Waals surface area contributed by atoms with Crippen LogP contribution in [0.4, 0.5) is 5.69 Å². The molecule has 0 radical (unpaired) electrons. The number of nitrogens with one attached hydrogen (secondary N) is 1. The summed E-state index contributed by atoms with van der Waals surface area (Å²) in [5.41, 5.74) is 2.50. The first kappa shape index (κ1) is 19.7. The molecule has 1 heterocycles. The van der Waals surface area contributed by atoms with Gasteiger partial charge in [-0.3, -0.25) is 4.79 Å². The third-order valence-electron chi connectivity index (χ3n) is 3.96. The third kappa shape index (κ3) is 5.47. The lowest BCUT2D eigenvalue weighted by atomic mass is 10.2. The number of ether oxygens (including phenoxy) is 3. The zero-order valence-corrected chi connectivity index (χ0v) is 16.8. The highest BCUT2D eigenvalue weighted by atomic mass is 32.1. The minimum Gasteiger partial charge on any atom is -0.497 e. The summed E-state index contributed by atoms with van der Waals surface area (Å²) < 4.78 is 16.2. The van der Waals surface area contributed by atoms with Gasteiger partial charge in [-0.15, -0.1) is 11.3 Å². The van der Waals surface area contributed by atoms with E-state index in [4.69, 9.17) is 14.2 Å². The SMILES string of the molecule is COc1cc(NC(=O)Cc2csc(COc3ccc(C)cc3)n2)cc(OC)c1. The number of aryl methyl sites for hydroxylation is 1. The van der Waals surface area contributed by atoms with Crippen LogP contribution in [0.3, 0.4) is 0 Å². The van der Waals surface area contributed by atoms with Gasteiger partial charge in [0.1, 0.15) is 28.9 Å². The molecule has 7 heteroatoms. The largest absolute Gasteiger partial charge is 0.497 e. The van der Waals surface area contributed by atoms with E-state index in [2.05, 4.69) is 10.3 Å². The highest BCUT2D eigenvalue weighted by Gasteiger charge is 2.10. The fourth-order valence-electron chi connectivity index (χ4n) is 2.53. The monoisotopic (exact) mass is 398 g/mol. The van der Waals surface area contributed by atoms with Gasteiger partial charge in [-0.1, -0.05) is 17.7 Å². The van der Waals surface area contributed by atoms with Gasteiger partial charge in [0.2, 0.25) is 5.91 Å². The molecule has 3 rings (SSSR count). The predicted molar refractivity (Wildman–Crippen MR) is 110 cm³/mol. The molecule has 0 spiro atoms. The first-order valence-corrected chi connectivity index (χ1v) is 9.59. The van der Waals surface area contributed by atoms with Crippen LogP contribution in [0.5, 0.6) is 17.2 Å². The van der Waals surface area contributed by atoms with Crippen molar-refractivity contribution in [3.8, 4) is 17.2 Å². The van der Waals surface area contributed by atoms with E-state index in [0.717, 1.165) is 10.8 Å². The second-order valence-electron chi connectivity index (χ2n) is 6.16. The van der Waals surface area contributed by atoms with Crippen LogP contribution in [0.25, 0.3) is 0 Å². The Bertz CT molecular complexity index is 916. The van der Waals surface area contributed by atoms with Crippen LogP contribution in [0, 0.1) is 6.92 Å². The van der Waals surface area contributed by atoms with Crippen LogP contribution < -0.4 is 19.5 Å². The molecule has 0 aliphatic heterocycles. The average molecular weight is 398 g/mol. The van der Waals surface area contributed by atoms with E-state index in [-0.39, 0.29) is 12.3 Å². The molecular weight excluding hydrogens is 376 g/mol. The maximum Gasteiger partial charge on any atom is 0.230 e. The molecule has 146 valence electrons. The summed E-state index contributed by atoms with van der Waals surface area (Å²) in [6.07, 6.45) is 0.181. The first-order chi connectivity index (χ1) is 13.6. The van der Waals surface area contributed by atoms with Crippen LogP contribution in [0.15, 0.2) is 47.8 Å². The maximum atomic E-state index is 12.3. The molecule has 6 nitrogen and oxygen atoms in total. The van der Waals surface area contributed by atoms with E-state index in [9.17, 15) is 4.79 Å². The Labute approximate surface area is 168 Å². The van der Waals surface area contributed by atoms with E-state index >= 15 is 0 Å². The van der Waals surface area contributed by atoms with E-state index < -0.39 is 0 Å². The van der Waals surface area contributed by atoms with Crippen molar-refractivity contribution >= 4 is 22.9 Å². The molecule has 28 heavy (non-hydrogen) atoms. The lowest BCUT2D eigenvalue weighted by molar-refractivity contribution is -0.115. The van der Waals surface area contributed by atoms with Gasteiger partial charge in [0, 0.05) is 29.3 Å². The molecule has 0 atom stereocenters. The number of amides is 1. The maximum absolute atomic E-state index is 12.3. The summed E-state index contributed by atoms with van der Waals surface area (Å²) in [6.45, 7) is 2.41. The molecule has 1 amide bonds. The zero-order chi connectivity index (χ0) is 19.9. The van der Waals surface area contributed by atoms with Gasteiger partial charge in [0.15, 0.2) is 0 Å². The number of aromatic nitrogens is 1. The highest BCUT2D eigenvalue weighted by molar-refractivity contribution is 7.09. The van der Waals surface area contributed by atoms with Crippen molar-refractivity contribution in [3.05, 3.63) is 64.1 Å². The molecule has 0 fully saturated rings. The number of nitrogens with zero attached hydrogens (tertiary/aromatic N) is 1. The Balaban J connectivity index is 1.55. The summed E-state index contributed by atoms with van der Waals surface area (Å²) >= 11 is 1.48. The molecule has 2 aromatic carbocycles. The van der Waals surface area contributed by atoms with Crippen molar-refractivity contribution in [1.29, 1.82) is 0 Å². The van der Waals surface area contributed by atoms with E-state index in [1.807, 2.05) is 36.6 Å². The Morgan fingerprint density at radius 1 is 1.04 bits per heavy atom. The van der Waals surface area contributed by atoms with E-state index in [1.54, 1.807) is 32.4 Å². The molecule has 0 bridgehead atoms. The topological polar surface area (TPSA) is 69.7 Å². The number of carbonyl (C=O) groups excluding carboxylic acids is 1. The lowest BCUT2D eigenvalue weighted by Gasteiger charge is -2.09. The molecular formula is C21H22N2O4S. The highest BCUT2D eigenvalue weighted by Crippen LogP contribution is 2.26. The quantitative estimate of drug-likeness (QED) is 0.615. The number of thiazole rings is 1. The number of benzene rings is 2. The summed E-state index contributed by atoms with van der Waals surface area (Å²) in [4.78, 5) is 16.8. The third-order valence-corrected chi connectivity index (χ3v) is 4.83. The second kappa shape index (κ2) is 9.23. The van der Waals surface area contributed by atoms with E-state index in [1.165, 1.54) is 16.9 Å². The molecule has 0 saturated carbocycles. The first-order valence-electron chi connectivity index (χ1n) is 8.71.